The van der Waals surface area contributed by atoms with Crippen LogP contribution in [0, 0.1) is 12.8 Å². The Labute approximate surface area is 172 Å². The van der Waals surface area contributed by atoms with E-state index in [2.05, 4.69) is 24.4 Å². The number of hydrogen-bond acceptors (Lipinski definition) is 3. The van der Waals surface area contributed by atoms with Gasteiger partial charge in [-0.15, -0.1) is 0 Å². The van der Waals surface area contributed by atoms with Gasteiger partial charge in [0.05, 0.1) is 11.9 Å². The number of benzene rings is 2. The van der Waals surface area contributed by atoms with Crippen LogP contribution in [-0.2, 0) is 21.2 Å². The van der Waals surface area contributed by atoms with E-state index in [4.69, 9.17) is 11.6 Å². The van der Waals surface area contributed by atoms with Gasteiger partial charge in [-0.1, -0.05) is 61.3 Å². The second-order valence-electron chi connectivity index (χ2n) is 6.92. The van der Waals surface area contributed by atoms with E-state index in [0.29, 0.717) is 22.8 Å². The third-order valence-corrected chi connectivity index (χ3v) is 6.26. The molecular weight excluding hydrogens is 396 g/mol. The fraction of sp³-hybridized carbons (Fsp3) is 0.381. The van der Waals surface area contributed by atoms with Crippen molar-refractivity contribution in [2.24, 2.45) is 5.92 Å². The van der Waals surface area contributed by atoms with Crippen LogP contribution >= 0.6 is 11.6 Å². The molecule has 2 aromatic carbocycles. The standard InChI is InChI=1S/C21H27ClN2O3S/c1-4-17(13-18-9-6-5-7-10-18)14-23-21(25)15-24(28(3,26)27)20-12-8-11-19(22)16(20)2/h5-12,17H,4,13-15H2,1-3H3,(H,23,25). The molecule has 1 N–H and O–H groups in total. The lowest BCUT2D eigenvalue weighted by Crippen LogP contribution is -2.42. The fourth-order valence-electron chi connectivity index (χ4n) is 3.00. The molecule has 152 valence electrons. The van der Waals surface area contributed by atoms with Crippen molar-refractivity contribution in [3.63, 3.8) is 0 Å². The van der Waals surface area contributed by atoms with E-state index in [1.807, 2.05) is 18.2 Å². The Morgan fingerprint density at radius 3 is 2.43 bits per heavy atom. The number of carbonyl (C=O) groups excluding carboxylic acids is 1. The van der Waals surface area contributed by atoms with Gasteiger partial charge in [-0.25, -0.2) is 8.42 Å². The summed E-state index contributed by atoms with van der Waals surface area (Å²) in [5, 5.41) is 3.34. The van der Waals surface area contributed by atoms with Crippen molar-refractivity contribution in [1.29, 1.82) is 0 Å². The van der Waals surface area contributed by atoms with Crippen LogP contribution in [0.25, 0.3) is 0 Å². The maximum atomic E-state index is 12.5. The zero-order chi connectivity index (χ0) is 20.7. The monoisotopic (exact) mass is 422 g/mol. The number of sulfonamides is 1. The highest BCUT2D eigenvalue weighted by Gasteiger charge is 2.23. The molecule has 7 heteroatoms. The lowest BCUT2D eigenvalue weighted by atomic mass is 9.97. The number of carbonyl (C=O) groups is 1. The number of rotatable bonds is 9. The highest BCUT2D eigenvalue weighted by molar-refractivity contribution is 7.92. The number of nitrogens with zero attached hydrogens (tertiary/aromatic N) is 1. The Bertz CT molecular complexity index is 901. The molecule has 0 aliphatic rings. The fourth-order valence-corrected chi connectivity index (χ4v) is 4.08. The number of hydrogen-bond donors (Lipinski definition) is 1. The molecule has 1 amide bonds. The highest BCUT2D eigenvalue weighted by Crippen LogP contribution is 2.28. The maximum Gasteiger partial charge on any atom is 0.240 e. The number of amides is 1. The second kappa shape index (κ2) is 9.94. The Morgan fingerprint density at radius 2 is 1.82 bits per heavy atom. The molecule has 0 bridgehead atoms. The predicted molar refractivity (Wildman–Crippen MR) is 115 cm³/mol. The van der Waals surface area contributed by atoms with Crippen LogP contribution in [-0.4, -0.2) is 33.7 Å². The molecule has 28 heavy (non-hydrogen) atoms. The summed E-state index contributed by atoms with van der Waals surface area (Å²) >= 11 is 6.12. The summed E-state index contributed by atoms with van der Waals surface area (Å²) in [6, 6.07) is 15.1. The first kappa shape index (κ1) is 22.2. The van der Waals surface area contributed by atoms with Crippen LogP contribution < -0.4 is 9.62 Å². The van der Waals surface area contributed by atoms with Gasteiger partial charge in [0.25, 0.3) is 0 Å². The van der Waals surface area contributed by atoms with Gasteiger partial charge < -0.3 is 5.32 Å². The molecule has 1 atom stereocenters. The van der Waals surface area contributed by atoms with Gasteiger partial charge in [-0.05, 0) is 42.5 Å². The molecule has 0 saturated carbocycles. The Morgan fingerprint density at radius 1 is 1.14 bits per heavy atom. The smallest absolute Gasteiger partial charge is 0.240 e. The van der Waals surface area contributed by atoms with Gasteiger partial charge in [0.15, 0.2) is 0 Å². The second-order valence-corrected chi connectivity index (χ2v) is 9.24. The van der Waals surface area contributed by atoms with Crippen LogP contribution in [0.15, 0.2) is 48.5 Å². The van der Waals surface area contributed by atoms with E-state index >= 15 is 0 Å². The molecule has 0 aromatic heterocycles. The topological polar surface area (TPSA) is 66.5 Å². The number of nitrogens with one attached hydrogen (secondary N) is 1. The summed E-state index contributed by atoms with van der Waals surface area (Å²) < 4.78 is 25.6. The van der Waals surface area contributed by atoms with Crippen molar-refractivity contribution < 1.29 is 13.2 Å². The normalized spacial score (nSPS) is 12.4. The molecule has 0 aliphatic carbocycles. The van der Waals surface area contributed by atoms with Crippen LogP contribution in [0.5, 0.6) is 0 Å². The first-order valence-corrected chi connectivity index (χ1v) is 11.5. The first-order chi connectivity index (χ1) is 13.2. The third kappa shape index (κ3) is 6.24. The van der Waals surface area contributed by atoms with Gasteiger partial charge in [0.1, 0.15) is 6.54 Å². The number of halogens is 1. The highest BCUT2D eigenvalue weighted by atomic mass is 35.5. The first-order valence-electron chi connectivity index (χ1n) is 9.25. The van der Waals surface area contributed by atoms with Crippen molar-refractivity contribution in [2.75, 3.05) is 23.7 Å². The van der Waals surface area contributed by atoms with Gasteiger partial charge in [-0.2, -0.15) is 0 Å². The van der Waals surface area contributed by atoms with E-state index in [1.165, 1.54) is 5.56 Å². The van der Waals surface area contributed by atoms with Gasteiger partial charge in [0.2, 0.25) is 15.9 Å². The van der Waals surface area contributed by atoms with E-state index in [9.17, 15) is 13.2 Å². The van der Waals surface area contributed by atoms with E-state index < -0.39 is 10.0 Å². The summed E-state index contributed by atoms with van der Waals surface area (Å²) in [6.07, 6.45) is 2.87. The summed E-state index contributed by atoms with van der Waals surface area (Å²) in [6.45, 7) is 4.04. The molecule has 0 saturated heterocycles. The Hall–Kier alpha value is -2.05. The quantitative estimate of drug-likeness (QED) is 0.668. The van der Waals surface area contributed by atoms with Crippen LogP contribution in [0.2, 0.25) is 5.02 Å². The van der Waals surface area contributed by atoms with Crippen molar-refractivity contribution in [3.05, 3.63) is 64.7 Å². The Balaban J connectivity index is 2.04. The molecule has 0 fully saturated rings. The Kier molecular flexibility index (Phi) is 7.89. The van der Waals surface area contributed by atoms with Crippen LogP contribution in [0.4, 0.5) is 5.69 Å². The largest absolute Gasteiger partial charge is 0.354 e. The summed E-state index contributed by atoms with van der Waals surface area (Å²) in [5.74, 6) is -0.0535. The summed E-state index contributed by atoms with van der Waals surface area (Å²) in [4.78, 5) is 12.5. The van der Waals surface area contributed by atoms with Crippen molar-refractivity contribution in [3.8, 4) is 0 Å². The molecule has 2 aromatic rings. The van der Waals surface area contributed by atoms with Crippen molar-refractivity contribution in [1.82, 2.24) is 5.32 Å². The number of anilines is 1. The molecule has 2 rings (SSSR count). The van der Waals surface area contributed by atoms with Gasteiger partial charge in [0, 0.05) is 11.6 Å². The molecule has 5 nitrogen and oxygen atoms in total. The van der Waals surface area contributed by atoms with Crippen molar-refractivity contribution in [2.45, 2.75) is 26.7 Å². The molecule has 1 unspecified atom stereocenters. The minimum absolute atomic E-state index is 0.276. The van der Waals surface area contributed by atoms with Gasteiger partial charge in [-0.3, -0.25) is 9.10 Å². The van der Waals surface area contributed by atoms with E-state index in [0.717, 1.165) is 23.4 Å². The SMILES string of the molecule is CCC(CNC(=O)CN(c1cccc(Cl)c1C)S(C)(=O)=O)Cc1ccccc1. The predicted octanol–water partition coefficient (Wildman–Crippen LogP) is 3.80. The molecule has 0 heterocycles. The van der Waals surface area contributed by atoms with E-state index in [1.54, 1.807) is 25.1 Å². The van der Waals surface area contributed by atoms with Gasteiger partial charge >= 0.3 is 0 Å². The lowest BCUT2D eigenvalue weighted by Gasteiger charge is -2.24. The minimum Gasteiger partial charge on any atom is -0.354 e. The molecule has 0 spiro atoms. The summed E-state index contributed by atoms with van der Waals surface area (Å²) in [5.41, 5.74) is 2.26. The van der Waals surface area contributed by atoms with Crippen LogP contribution in [0.3, 0.4) is 0 Å². The maximum absolute atomic E-state index is 12.5. The summed E-state index contributed by atoms with van der Waals surface area (Å²) in [7, 11) is -3.63. The average molecular weight is 423 g/mol. The van der Waals surface area contributed by atoms with Crippen LogP contribution in [0.1, 0.15) is 24.5 Å². The zero-order valence-electron chi connectivity index (χ0n) is 16.5. The molecule has 0 aliphatic heterocycles. The minimum atomic E-state index is -3.63. The zero-order valence-corrected chi connectivity index (χ0v) is 18.1. The molecule has 0 radical (unpaired) electrons. The lowest BCUT2D eigenvalue weighted by molar-refractivity contribution is -0.119. The third-order valence-electron chi connectivity index (χ3n) is 4.73. The van der Waals surface area contributed by atoms with E-state index in [-0.39, 0.29) is 18.4 Å². The molecular formula is C21H27ClN2O3S. The van der Waals surface area contributed by atoms with Crippen molar-refractivity contribution >= 4 is 33.2 Å². The average Bonchev–Trinajstić information content (AvgIpc) is 2.65.